The molecule has 0 saturated carbocycles. The minimum Gasteiger partial charge on any atom is -0.492 e. The Bertz CT molecular complexity index is 458. The summed E-state index contributed by atoms with van der Waals surface area (Å²) in [5, 5.41) is -0.435. The van der Waals surface area contributed by atoms with Crippen LogP contribution >= 0.6 is 0 Å². The minimum atomic E-state index is -3.22. The Kier molecular flexibility index (Phi) is 4.77. The van der Waals surface area contributed by atoms with Crippen LogP contribution in [-0.4, -0.2) is 26.8 Å². The molecule has 0 amide bonds. The van der Waals surface area contributed by atoms with E-state index in [2.05, 4.69) is 4.72 Å². The first-order valence-corrected chi connectivity index (χ1v) is 6.93. The Morgan fingerprint density at radius 2 is 2.12 bits per heavy atom. The van der Waals surface area contributed by atoms with Gasteiger partial charge in [0.2, 0.25) is 10.0 Å². The second-order valence-electron chi connectivity index (χ2n) is 3.91. The van der Waals surface area contributed by atoms with Gasteiger partial charge in [-0.1, -0.05) is 6.07 Å². The monoisotopic (exact) mass is 258 g/mol. The lowest BCUT2D eigenvalue weighted by Gasteiger charge is -2.10. The molecule has 0 aromatic heterocycles. The van der Waals surface area contributed by atoms with E-state index in [1.54, 1.807) is 38.1 Å². The maximum absolute atomic E-state index is 11.4. The molecule has 0 spiro atoms. The third-order valence-corrected chi connectivity index (χ3v) is 4.00. The number of benzene rings is 1. The zero-order chi connectivity index (χ0) is 12.9. The Morgan fingerprint density at radius 3 is 2.71 bits per heavy atom. The molecule has 0 fully saturated rings. The molecular formula is C11H18N2O3S. The Morgan fingerprint density at radius 1 is 1.41 bits per heavy atom. The van der Waals surface area contributed by atoms with Gasteiger partial charge in [-0.25, -0.2) is 13.1 Å². The molecule has 6 heteroatoms. The van der Waals surface area contributed by atoms with Crippen molar-refractivity contribution in [1.82, 2.24) is 4.72 Å². The number of nitrogens with one attached hydrogen (secondary N) is 1. The van der Waals surface area contributed by atoms with Crippen LogP contribution in [0.4, 0.5) is 5.69 Å². The van der Waals surface area contributed by atoms with Gasteiger partial charge in [0, 0.05) is 18.3 Å². The number of sulfonamides is 1. The second-order valence-corrected chi connectivity index (χ2v) is 6.23. The van der Waals surface area contributed by atoms with Crippen LogP contribution in [0.1, 0.15) is 13.8 Å². The lowest BCUT2D eigenvalue weighted by atomic mass is 10.3. The smallest absolute Gasteiger partial charge is 0.214 e. The molecule has 0 unspecified atom stereocenters. The zero-order valence-corrected chi connectivity index (χ0v) is 10.8. The van der Waals surface area contributed by atoms with E-state index in [0.29, 0.717) is 11.4 Å². The predicted octanol–water partition coefficient (Wildman–Crippen LogP) is 0.975. The predicted molar refractivity (Wildman–Crippen MR) is 68.4 cm³/mol. The first kappa shape index (κ1) is 13.8. The first-order valence-electron chi connectivity index (χ1n) is 5.38. The number of hydrogen-bond donors (Lipinski definition) is 2. The molecule has 0 aliphatic heterocycles. The lowest BCUT2D eigenvalue weighted by molar-refractivity contribution is 0.323. The van der Waals surface area contributed by atoms with E-state index in [9.17, 15) is 8.42 Å². The van der Waals surface area contributed by atoms with Crippen LogP contribution in [0.5, 0.6) is 5.75 Å². The van der Waals surface area contributed by atoms with Gasteiger partial charge in [-0.2, -0.15) is 0 Å². The summed E-state index contributed by atoms with van der Waals surface area (Å²) in [5.41, 5.74) is 6.20. The number of anilines is 1. The number of nitrogen functional groups attached to an aromatic ring is 1. The number of hydrogen-bond acceptors (Lipinski definition) is 4. The van der Waals surface area contributed by atoms with Gasteiger partial charge < -0.3 is 10.5 Å². The van der Waals surface area contributed by atoms with E-state index in [4.69, 9.17) is 10.5 Å². The highest BCUT2D eigenvalue weighted by atomic mass is 32.2. The molecule has 1 aromatic rings. The third kappa shape index (κ3) is 4.62. The fourth-order valence-corrected chi connectivity index (χ4v) is 1.82. The standard InChI is InChI=1S/C11H18N2O3S/c1-9(2)17(14,15)13-6-7-16-11-5-3-4-10(12)8-11/h3-5,8-9,13H,6-7,12H2,1-2H3. The van der Waals surface area contributed by atoms with Crippen LogP contribution in [-0.2, 0) is 10.0 Å². The van der Waals surface area contributed by atoms with Crippen molar-refractivity contribution in [2.75, 3.05) is 18.9 Å². The molecule has 0 heterocycles. The number of ether oxygens (including phenoxy) is 1. The maximum atomic E-state index is 11.4. The Balaban J connectivity index is 2.35. The van der Waals surface area contributed by atoms with Gasteiger partial charge >= 0.3 is 0 Å². The van der Waals surface area contributed by atoms with Gasteiger partial charge in [-0.15, -0.1) is 0 Å². The van der Waals surface area contributed by atoms with Crippen LogP contribution in [0.25, 0.3) is 0 Å². The van der Waals surface area contributed by atoms with E-state index in [1.807, 2.05) is 0 Å². The highest BCUT2D eigenvalue weighted by Gasteiger charge is 2.14. The molecule has 0 atom stereocenters. The van der Waals surface area contributed by atoms with Crippen LogP contribution in [0.3, 0.4) is 0 Å². The quantitative estimate of drug-likeness (QED) is 0.588. The molecule has 0 saturated heterocycles. The van der Waals surface area contributed by atoms with Gasteiger partial charge in [0.05, 0.1) is 5.25 Å². The largest absolute Gasteiger partial charge is 0.492 e. The minimum absolute atomic E-state index is 0.245. The zero-order valence-electron chi connectivity index (χ0n) is 10.0. The summed E-state index contributed by atoms with van der Waals surface area (Å²) < 4.78 is 30.6. The summed E-state index contributed by atoms with van der Waals surface area (Å²) in [6, 6.07) is 7.00. The van der Waals surface area contributed by atoms with Crippen molar-refractivity contribution < 1.29 is 13.2 Å². The molecule has 1 aromatic carbocycles. The highest BCUT2D eigenvalue weighted by Crippen LogP contribution is 2.13. The van der Waals surface area contributed by atoms with Gasteiger partial charge in [-0.05, 0) is 26.0 Å². The molecule has 3 N–H and O–H groups in total. The fraction of sp³-hybridized carbons (Fsp3) is 0.455. The molecule has 5 nitrogen and oxygen atoms in total. The van der Waals surface area contributed by atoms with Crippen LogP contribution in [0, 0.1) is 0 Å². The van der Waals surface area contributed by atoms with Gasteiger partial charge in [0.25, 0.3) is 0 Å². The van der Waals surface area contributed by atoms with Crippen molar-refractivity contribution in [2.24, 2.45) is 0 Å². The van der Waals surface area contributed by atoms with Gasteiger partial charge in [0.15, 0.2) is 0 Å². The molecule has 0 aliphatic carbocycles. The van der Waals surface area contributed by atoms with Crippen molar-refractivity contribution >= 4 is 15.7 Å². The molecule has 1 rings (SSSR count). The summed E-state index contributed by atoms with van der Waals surface area (Å²) in [4.78, 5) is 0. The van der Waals surface area contributed by atoms with Gasteiger partial charge in [0.1, 0.15) is 12.4 Å². The summed E-state index contributed by atoms with van der Waals surface area (Å²) in [6.45, 7) is 3.77. The van der Waals surface area contributed by atoms with Crippen LogP contribution in [0.2, 0.25) is 0 Å². The van der Waals surface area contributed by atoms with Crippen molar-refractivity contribution in [3.63, 3.8) is 0 Å². The number of rotatable bonds is 6. The highest BCUT2D eigenvalue weighted by molar-refractivity contribution is 7.90. The van der Waals surface area contributed by atoms with Crippen LogP contribution in [0.15, 0.2) is 24.3 Å². The number of nitrogens with two attached hydrogens (primary N) is 1. The summed E-state index contributed by atoms with van der Waals surface area (Å²) in [6.07, 6.45) is 0. The van der Waals surface area contributed by atoms with E-state index in [1.165, 1.54) is 0 Å². The average Bonchev–Trinajstić information content (AvgIpc) is 2.24. The summed E-state index contributed by atoms with van der Waals surface area (Å²) >= 11 is 0. The fourth-order valence-electron chi connectivity index (χ4n) is 1.12. The summed E-state index contributed by atoms with van der Waals surface area (Å²) in [7, 11) is -3.22. The second kappa shape index (κ2) is 5.88. The van der Waals surface area contributed by atoms with Crippen molar-refractivity contribution in [3.05, 3.63) is 24.3 Å². The van der Waals surface area contributed by atoms with E-state index >= 15 is 0 Å². The van der Waals surface area contributed by atoms with Crippen molar-refractivity contribution in [3.8, 4) is 5.75 Å². The van der Waals surface area contributed by atoms with E-state index in [-0.39, 0.29) is 13.2 Å². The van der Waals surface area contributed by atoms with E-state index < -0.39 is 15.3 Å². The molecule has 0 bridgehead atoms. The summed E-state index contributed by atoms with van der Waals surface area (Å²) in [5.74, 6) is 0.633. The topological polar surface area (TPSA) is 81.4 Å². The first-order chi connectivity index (χ1) is 7.92. The van der Waals surface area contributed by atoms with E-state index in [0.717, 1.165) is 0 Å². The third-order valence-electron chi connectivity index (χ3n) is 2.15. The average molecular weight is 258 g/mol. The lowest BCUT2D eigenvalue weighted by Crippen LogP contribution is -2.33. The molecule has 17 heavy (non-hydrogen) atoms. The molecular weight excluding hydrogens is 240 g/mol. The molecule has 96 valence electrons. The van der Waals surface area contributed by atoms with Crippen molar-refractivity contribution in [2.45, 2.75) is 19.1 Å². The maximum Gasteiger partial charge on any atom is 0.214 e. The normalized spacial score (nSPS) is 11.7. The Labute approximate surface area is 102 Å². The molecule has 0 radical (unpaired) electrons. The van der Waals surface area contributed by atoms with Crippen molar-refractivity contribution in [1.29, 1.82) is 0 Å². The SMILES string of the molecule is CC(C)S(=O)(=O)NCCOc1cccc(N)c1. The van der Waals surface area contributed by atoms with Gasteiger partial charge in [-0.3, -0.25) is 0 Å². The molecule has 0 aliphatic rings. The van der Waals surface area contributed by atoms with Crippen LogP contribution < -0.4 is 15.2 Å². The Hall–Kier alpha value is -1.27.